The van der Waals surface area contributed by atoms with Crippen LogP contribution >= 0.6 is 12.6 Å². The van der Waals surface area contributed by atoms with Gasteiger partial charge in [0.15, 0.2) is 0 Å². The zero-order valence-corrected chi connectivity index (χ0v) is 38.0. The molecular weight excluding hydrogens is 729 g/mol. The smallest absolute Gasteiger partial charge is 0.245 e. The Labute approximate surface area is 346 Å². The van der Waals surface area contributed by atoms with Crippen molar-refractivity contribution in [2.75, 3.05) is 40.0 Å². The molecule has 4 N–H and O–H groups in total. The average Bonchev–Trinajstić information content (AvgIpc) is 3.62. The molecule has 5 amide bonds. The fraction of sp³-hybridized carbons (Fsp3) is 0.744. The molecule has 0 spiro atoms. The van der Waals surface area contributed by atoms with Crippen LogP contribution in [0.4, 0.5) is 0 Å². The van der Waals surface area contributed by atoms with Crippen molar-refractivity contribution in [2.24, 2.45) is 35.3 Å². The van der Waals surface area contributed by atoms with E-state index in [1.807, 2.05) is 71.5 Å². The van der Waals surface area contributed by atoms with Gasteiger partial charge in [-0.3, -0.25) is 28.9 Å². The van der Waals surface area contributed by atoms with Gasteiger partial charge in [-0.15, -0.1) is 0 Å². The Balaban J connectivity index is 0. The first-order valence-electron chi connectivity index (χ1n) is 20.4. The maximum Gasteiger partial charge on any atom is 0.245 e. The first kappa shape index (κ1) is 54.9. The van der Waals surface area contributed by atoms with Crippen molar-refractivity contribution in [2.45, 2.75) is 138 Å². The summed E-state index contributed by atoms with van der Waals surface area (Å²) >= 11 is 4.30. The highest BCUT2D eigenvalue weighted by atomic mass is 32.1. The van der Waals surface area contributed by atoms with Crippen LogP contribution in [0, 0.1) is 29.6 Å². The summed E-state index contributed by atoms with van der Waals surface area (Å²) in [5.74, 6) is 1.22. The summed E-state index contributed by atoms with van der Waals surface area (Å²) in [4.78, 5) is 64.6. The number of hydrogen-bond acceptors (Lipinski definition) is 8. The lowest BCUT2D eigenvalue weighted by molar-refractivity contribution is -0.141. The number of thiol groups is 1. The highest BCUT2D eigenvalue weighted by Gasteiger charge is 2.38. The molecule has 0 saturated carbocycles. The number of likely N-dealkylation sites (N-methyl/N-ethyl adjacent to an activating group) is 2. The van der Waals surface area contributed by atoms with Gasteiger partial charge in [0.05, 0.1) is 24.1 Å². The van der Waals surface area contributed by atoms with Crippen LogP contribution in [0.5, 0.6) is 0 Å². The Morgan fingerprint density at radius 2 is 1.50 bits per heavy atom. The van der Waals surface area contributed by atoms with E-state index in [1.54, 1.807) is 24.2 Å². The molecule has 0 aromatic carbocycles. The number of primary amides is 1. The van der Waals surface area contributed by atoms with Crippen LogP contribution in [0.3, 0.4) is 0 Å². The molecule has 0 aromatic heterocycles. The lowest BCUT2D eigenvalue weighted by Crippen LogP contribution is -2.58. The summed E-state index contributed by atoms with van der Waals surface area (Å²) in [6.07, 6.45) is 10.7. The Morgan fingerprint density at radius 3 is 1.91 bits per heavy atom. The molecular formula is C43H80N6O6S. The molecule has 0 aromatic rings. The maximum absolute atomic E-state index is 13.5. The summed E-state index contributed by atoms with van der Waals surface area (Å²) in [6, 6.07) is -0.682. The van der Waals surface area contributed by atoms with Crippen LogP contribution in [0.1, 0.15) is 101 Å². The first-order chi connectivity index (χ1) is 26.3. The van der Waals surface area contributed by atoms with E-state index in [-0.39, 0.29) is 72.2 Å². The van der Waals surface area contributed by atoms with Gasteiger partial charge in [0.1, 0.15) is 6.04 Å². The molecule has 0 radical (unpaired) electrons. The fourth-order valence-electron chi connectivity index (χ4n) is 7.53. The van der Waals surface area contributed by atoms with Crippen LogP contribution < -0.4 is 16.4 Å². The number of amides is 5. The summed E-state index contributed by atoms with van der Waals surface area (Å²) in [5, 5.41) is 6.12. The Hall–Kier alpha value is -3.16. The number of likely N-dealkylation sites (tertiary alicyclic amines) is 1. The molecule has 4 unspecified atom stereocenters. The summed E-state index contributed by atoms with van der Waals surface area (Å²) < 4.78 is 5.57. The van der Waals surface area contributed by atoms with E-state index in [0.29, 0.717) is 24.0 Å². The molecule has 1 aliphatic rings. The lowest BCUT2D eigenvalue weighted by atomic mass is 9.85. The molecule has 0 bridgehead atoms. The first-order valence-corrected chi connectivity index (χ1v) is 21.0. The third-order valence-electron chi connectivity index (χ3n) is 10.9. The van der Waals surface area contributed by atoms with Crippen molar-refractivity contribution in [1.29, 1.82) is 0 Å². The average molecular weight is 809 g/mol. The van der Waals surface area contributed by atoms with Crippen LogP contribution in [0.2, 0.25) is 0 Å². The second kappa shape index (κ2) is 30.0. The molecule has 13 heteroatoms. The van der Waals surface area contributed by atoms with Crippen LogP contribution in [0.15, 0.2) is 37.0 Å². The lowest BCUT2D eigenvalue weighted by Gasteiger charge is -2.40. The third kappa shape index (κ3) is 18.4. The number of rotatable bonds is 23. The van der Waals surface area contributed by atoms with E-state index in [9.17, 15) is 19.2 Å². The standard InChI is InChI=1S/C23H47N3O2S.C19H30N2O3.CH3NO/c1-11-17(7)21(18(8)12-2)26(10)23(28)19(15(3)4)24-22(27)20(16(5)6)25(9)13-14-29;1-6-9-16(7-2)12-14(3)20-19(23)15(4)18(24-5)17-10-8-11-21(17)13-22;2-1-3/h15-21,29H,11-14H2,1-10H3,(H,24,27);6-7,9,13-15,17-18H,1-2,8,10-12H2,3-5H3,(H,20,23);1H,(H2,2,3)/b;16-9+;/t17-,18?,19-,20?,21?;14-,15-,17+,18?;/m01./s1. The molecule has 9 atom stereocenters. The molecule has 0 aliphatic carbocycles. The van der Waals surface area contributed by atoms with E-state index in [0.717, 1.165) is 50.8 Å². The number of nitrogens with zero attached hydrogens (tertiary/aromatic N) is 3. The SMILES string of the molecule is C=C/C=C(\C=C)C[C@@H](C)NC(=O)[C@H](C)C(OC)[C@@H]1CCCN1C=O.CCC(C)C([C@@H](C)CC)N(C)C(=O)[C@@H](NC(=O)C(C(C)C)N(C)CCS)C(C)C.NC=O. The minimum Gasteiger partial charge on any atom is -0.378 e. The quantitative estimate of drug-likeness (QED) is 0.0606. The Bertz CT molecular complexity index is 1210. The van der Waals surface area contributed by atoms with Gasteiger partial charge in [-0.2, -0.15) is 12.6 Å². The Morgan fingerprint density at radius 1 is 0.946 bits per heavy atom. The third-order valence-corrected chi connectivity index (χ3v) is 11.1. The number of ether oxygens (including phenoxy) is 1. The van der Waals surface area contributed by atoms with Crippen molar-refractivity contribution in [3.05, 3.63) is 37.0 Å². The number of allylic oxidation sites excluding steroid dienone is 3. The normalized spacial score (nSPS) is 18.4. The fourth-order valence-corrected chi connectivity index (χ4v) is 7.84. The van der Waals surface area contributed by atoms with E-state index in [4.69, 9.17) is 9.53 Å². The predicted molar refractivity (Wildman–Crippen MR) is 234 cm³/mol. The van der Waals surface area contributed by atoms with Gasteiger partial charge in [0, 0.05) is 45.1 Å². The molecule has 1 fully saturated rings. The highest BCUT2D eigenvalue weighted by Crippen LogP contribution is 2.26. The molecule has 12 nitrogen and oxygen atoms in total. The molecule has 1 saturated heterocycles. The summed E-state index contributed by atoms with van der Waals surface area (Å²) in [5.41, 5.74) is 5.19. The van der Waals surface area contributed by atoms with E-state index < -0.39 is 6.04 Å². The molecule has 324 valence electrons. The van der Waals surface area contributed by atoms with Crippen LogP contribution in [-0.2, 0) is 28.7 Å². The zero-order chi connectivity index (χ0) is 43.7. The van der Waals surface area contributed by atoms with Crippen molar-refractivity contribution < 1.29 is 28.7 Å². The molecule has 1 rings (SSSR count). The monoisotopic (exact) mass is 809 g/mol. The second-order valence-electron chi connectivity index (χ2n) is 15.8. The molecule has 56 heavy (non-hydrogen) atoms. The van der Waals surface area contributed by atoms with E-state index in [1.165, 1.54) is 0 Å². The van der Waals surface area contributed by atoms with E-state index >= 15 is 0 Å². The van der Waals surface area contributed by atoms with Crippen molar-refractivity contribution in [3.63, 3.8) is 0 Å². The van der Waals surface area contributed by atoms with Gasteiger partial charge >= 0.3 is 0 Å². The Kier molecular flexibility index (Phi) is 29.4. The van der Waals surface area contributed by atoms with Gasteiger partial charge < -0.3 is 30.9 Å². The summed E-state index contributed by atoms with van der Waals surface area (Å²) in [6.45, 7) is 29.6. The van der Waals surface area contributed by atoms with E-state index in [2.05, 4.69) is 69.8 Å². The highest BCUT2D eigenvalue weighted by molar-refractivity contribution is 7.80. The number of hydrogen-bond donors (Lipinski definition) is 4. The number of nitrogens with one attached hydrogen (secondary N) is 2. The van der Waals surface area contributed by atoms with Gasteiger partial charge in [0.2, 0.25) is 30.5 Å². The largest absolute Gasteiger partial charge is 0.378 e. The van der Waals surface area contributed by atoms with Gasteiger partial charge in [-0.1, -0.05) is 107 Å². The minimum absolute atomic E-state index is 0.0123. The van der Waals surface area contributed by atoms with Crippen LogP contribution in [0.25, 0.3) is 0 Å². The van der Waals surface area contributed by atoms with Gasteiger partial charge in [0.25, 0.3) is 0 Å². The number of carbonyl (C=O) groups excluding carboxylic acids is 5. The van der Waals surface area contributed by atoms with Crippen molar-refractivity contribution in [3.8, 4) is 0 Å². The van der Waals surface area contributed by atoms with Crippen molar-refractivity contribution in [1.82, 2.24) is 25.3 Å². The number of nitrogens with two attached hydrogens (primary N) is 1. The van der Waals surface area contributed by atoms with Crippen LogP contribution in [-0.4, -0.2) is 122 Å². The van der Waals surface area contributed by atoms with Gasteiger partial charge in [-0.05, 0) is 62.5 Å². The number of methoxy groups -OCH3 is 1. The summed E-state index contributed by atoms with van der Waals surface area (Å²) in [7, 11) is 5.45. The predicted octanol–water partition coefficient (Wildman–Crippen LogP) is 5.49. The van der Waals surface area contributed by atoms with Crippen molar-refractivity contribution >= 4 is 43.2 Å². The zero-order valence-electron chi connectivity index (χ0n) is 37.1. The van der Waals surface area contributed by atoms with Gasteiger partial charge in [-0.25, -0.2) is 0 Å². The number of carbonyl (C=O) groups is 5. The second-order valence-corrected chi connectivity index (χ2v) is 16.3. The molecule has 1 aliphatic heterocycles. The topological polar surface area (TPSA) is 154 Å². The molecule has 1 heterocycles. The maximum atomic E-state index is 13.5. The minimum atomic E-state index is -0.520.